The van der Waals surface area contributed by atoms with E-state index in [1.54, 1.807) is 26.0 Å². The Labute approximate surface area is 209 Å². The van der Waals surface area contributed by atoms with Crippen LogP contribution in [0.15, 0.2) is 59.5 Å². The summed E-state index contributed by atoms with van der Waals surface area (Å²) in [7, 11) is -4.01. The number of anilines is 1. The van der Waals surface area contributed by atoms with Gasteiger partial charge < -0.3 is 5.32 Å². The maximum Gasteiger partial charge on any atom is 0.242 e. The maximum absolute atomic E-state index is 13.4. The largest absolute Gasteiger partial charge is 0.323 e. The lowest BCUT2D eigenvalue weighted by atomic mass is 10.1. The van der Waals surface area contributed by atoms with Crippen molar-refractivity contribution in [2.75, 3.05) is 5.32 Å². The molecule has 3 aromatic rings. The molecule has 0 saturated carbocycles. The van der Waals surface area contributed by atoms with Crippen molar-refractivity contribution in [1.82, 2.24) is 4.72 Å². The molecule has 3 rings (SSSR count). The SMILES string of the molecule is Cc1cc(C)c(S(=O)(=O)NC(Cc2ccccc2)C(=O)Nc2cc(Cl)c(Cl)cc2Cl)c(C)c1. The van der Waals surface area contributed by atoms with Crippen LogP contribution in [0, 0.1) is 20.8 Å². The number of nitrogens with one attached hydrogen (secondary N) is 2. The first-order chi connectivity index (χ1) is 15.5. The van der Waals surface area contributed by atoms with Gasteiger partial charge >= 0.3 is 0 Å². The van der Waals surface area contributed by atoms with Gasteiger partial charge in [0.25, 0.3) is 0 Å². The lowest BCUT2D eigenvalue weighted by molar-refractivity contribution is -0.117. The molecule has 1 amide bonds. The molecule has 0 heterocycles. The van der Waals surface area contributed by atoms with Crippen molar-refractivity contribution in [2.45, 2.75) is 38.1 Å². The summed E-state index contributed by atoms with van der Waals surface area (Å²) in [5.41, 5.74) is 3.18. The van der Waals surface area contributed by atoms with Gasteiger partial charge in [0.05, 0.1) is 25.7 Å². The zero-order valence-electron chi connectivity index (χ0n) is 18.2. The summed E-state index contributed by atoms with van der Waals surface area (Å²) >= 11 is 18.2. The number of carbonyl (C=O) groups is 1. The van der Waals surface area contributed by atoms with Crippen molar-refractivity contribution in [1.29, 1.82) is 0 Å². The molecule has 174 valence electrons. The zero-order chi connectivity index (χ0) is 24.3. The van der Waals surface area contributed by atoms with E-state index in [4.69, 9.17) is 34.8 Å². The van der Waals surface area contributed by atoms with Crippen LogP contribution in [0.5, 0.6) is 0 Å². The molecule has 2 N–H and O–H groups in total. The second kappa shape index (κ2) is 10.5. The highest BCUT2D eigenvalue weighted by molar-refractivity contribution is 7.89. The molecule has 3 aromatic carbocycles. The summed E-state index contributed by atoms with van der Waals surface area (Å²) in [6.07, 6.45) is 0.134. The van der Waals surface area contributed by atoms with Gasteiger partial charge in [-0.2, -0.15) is 4.72 Å². The molecule has 0 spiro atoms. The van der Waals surface area contributed by atoms with Crippen molar-refractivity contribution >= 4 is 56.4 Å². The van der Waals surface area contributed by atoms with Gasteiger partial charge in [-0.15, -0.1) is 0 Å². The third kappa shape index (κ3) is 6.28. The van der Waals surface area contributed by atoms with Gasteiger partial charge in [0, 0.05) is 0 Å². The molecule has 0 aliphatic heterocycles. The Morgan fingerprint density at radius 3 is 2.06 bits per heavy atom. The van der Waals surface area contributed by atoms with Crippen LogP contribution >= 0.6 is 34.8 Å². The molecular formula is C24H23Cl3N2O3S. The Morgan fingerprint density at radius 1 is 0.879 bits per heavy atom. The van der Waals surface area contributed by atoms with E-state index in [0.717, 1.165) is 11.1 Å². The quantitative estimate of drug-likeness (QED) is 0.366. The fraction of sp³-hybridized carbons (Fsp3) is 0.208. The Hall–Kier alpha value is -2.09. The third-order valence-corrected chi connectivity index (χ3v) is 7.85. The number of amides is 1. The van der Waals surface area contributed by atoms with Crippen LogP contribution in [0.4, 0.5) is 5.69 Å². The summed E-state index contributed by atoms with van der Waals surface area (Å²) in [4.78, 5) is 13.4. The average molecular weight is 526 g/mol. The highest BCUT2D eigenvalue weighted by Crippen LogP contribution is 2.32. The Morgan fingerprint density at radius 2 is 1.45 bits per heavy atom. The molecule has 1 atom stereocenters. The lowest BCUT2D eigenvalue weighted by Crippen LogP contribution is -2.45. The van der Waals surface area contributed by atoms with Crippen LogP contribution in [0.2, 0.25) is 15.1 Å². The minimum absolute atomic E-state index is 0.134. The summed E-state index contributed by atoms with van der Waals surface area (Å²) in [5, 5.41) is 3.31. The number of benzene rings is 3. The first-order valence-electron chi connectivity index (χ1n) is 10.1. The monoisotopic (exact) mass is 524 g/mol. The van der Waals surface area contributed by atoms with Gasteiger partial charge in [-0.3, -0.25) is 4.79 Å². The molecule has 0 aromatic heterocycles. The summed E-state index contributed by atoms with van der Waals surface area (Å²) < 4.78 is 29.3. The molecule has 9 heteroatoms. The number of aryl methyl sites for hydroxylation is 3. The van der Waals surface area contributed by atoms with E-state index in [1.807, 2.05) is 37.3 Å². The van der Waals surface area contributed by atoms with Gasteiger partial charge in [0.15, 0.2) is 0 Å². The number of rotatable bonds is 7. The maximum atomic E-state index is 13.4. The van der Waals surface area contributed by atoms with Crippen molar-refractivity contribution in [3.05, 3.63) is 91.9 Å². The number of halogens is 3. The van der Waals surface area contributed by atoms with Gasteiger partial charge in [-0.1, -0.05) is 82.8 Å². The van der Waals surface area contributed by atoms with Crippen molar-refractivity contribution in [3.63, 3.8) is 0 Å². The lowest BCUT2D eigenvalue weighted by Gasteiger charge is -2.21. The van der Waals surface area contributed by atoms with Crippen LogP contribution < -0.4 is 10.0 Å². The minimum atomic E-state index is -4.01. The van der Waals surface area contributed by atoms with E-state index in [1.165, 1.54) is 12.1 Å². The fourth-order valence-corrected chi connectivity index (χ4v) is 5.96. The van der Waals surface area contributed by atoms with Crippen LogP contribution in [0.3, 0.4) is 0 Å². The second-order valence-electron chi connectivity index (χ2n) is 7.83. The van der Waals surface area contributed by atoms with Crippen molar-refractivity contribution in [2.24, 2.45) is 0 Å². The van der Waals surface area contributed by atoms with E-state index >= 15 is 0 Å². The summed E-state index contributed by atoms with van der Waals surface area (Å²) in [6.45, 7) is 5.36. The van der Waals surface area contributed by atoms with Crippen LogP contribution in [-0.4, -0.2) is 20.4 Å². The van der Waals surface area contributed by atoms with E-state index in [0.29, 0.717) is 11.1 Å². The molecule has 0 aliphatic rings. The standard InChI is InChI=1S/C24H23Cl3N2O3S/c1-14-9-15(2)23(16(3)10-14)33(31,32)29-22(11-17-7-5-4-6-8-17)24(30)28-21-13-19(26)18(25)12-20(21)27/h4-10,12-13,22,29H,11H2,1-3H3,(H,28,30). The molecule has 0 saturated heterocycles. The first kappa shape index (κ1) is 25.5. The molecule has 0 radical (unpaired) electrons. The molecule has 0 aliphatic carbocycles. The summed E-state index contributed by atoms with van der Waals surface area (Å²) in [5.74, 6) is -0.579. The second-order valence-corrected chi connectivity index (χ2v) is 10.7. The predicted octanol–water partition coefficient (Wildman–Crippen LogP) is 6.10. The molecule has 0 fully saturated rings. The van der Waals surface area contributed by atoms with E-state index < -0.39 is 22.0 Å². The fourth-order valence-electron chi connectivity index (χ4n) is 3.71. The van der Waals surface area contributed by atoms with E-state index in [9.17, 15) is 13.2 Å². The highest BCUT2D eigenvalue weighted by Gasteiger charge is 2.29. The summed E-state index contributed by atoms with van der Waals surface area (Å²) in [6, 6.07) is 14.5. The van der Waals surface area contributed by atoms with E-state index in [-0.39, 0.29) is 32.1 Å². The Kier molecular flexibility index (Phi) is 8.08. The van der Waals surface area contributed by atoms with Crippen LogP contribution in [0.25, 0.3) is 0 Å². The molecule has 0 bridgehead atoms. The number of hydrogen-bond donors (Lipinski definition) is 2. The van der Waals surface area contributed by atoms with Gasteiger partial charge in [-0.25, -0.2) is 8.42 Å². The number of sulfonamides is 1. The zero-order valence-corrected chi connectivity index (χ0v) is 21.3. The normalized spacial score (nSPS) is 12.4. The smallest absolute Gasteiger partial charge is 0.242 e. The molecule has 1 unspecified atom stereocenters. The number of hydrogen-bond acceptors (Lipinski definition) is 3. The first-order valence-corrected chi connectivity index (χ1v) is 12.7. The van der Waals surface area contributed by atoms with Crippen molar-refractivity contribution < 1.29 is 13.2 Å². The molecule has 33 heavy (non-hydrogen) atoms. The van der Waals surface area contributed by atoms with Gasteiger partial charge in [0.1, 0.15) is 6.04 Å². The van der Waals surface area contributed by atoms with Gasteiger partial charge in [0.2, 0.25) is 15.9 Å². The van der Waals surface area contributed by atoms with Crippen molar-refractivity contribution in [3.8, 4) is 0 Å². The van der Waals surface area contributed by atoms with Crippen LogP contribution in [-0.2, 0) is 21.2 Å². The third-order valence-electron chi connectivity index (χ3n) is 5.04. The van der Waals surface area contributed by atoms with Gasteiger partial charge in [-0.05, 0) is 56.0 Å². The molecule has 5 nitrogen and oxygen atoms in total. The molecular weight excluding hydrogens is 503 g/mol. The average Bonchev–Trinajstić information content (AvgIpc) is 2.71. The number of carbonyl (C=O) groups excluding carboxylic acids is 1. The Balaban J connectivity index is 1.96. The topological polar surface area (TPSA) is 75.3 Å². The van der Waals surface area contributed by atoms with E-state index in [2.05, 4.69) is 10.0 Å². The Bertz CT molecular complexity index is 1270. The minimum Gasteiger partial charge on any atom is -0.323 e. The highest BCUT2D eigenvalue weighted by atomic mass is 35.5. The van der Waals surface area contributed by atoms with Crippen LogP contribution in [0.1, 0.15) is 22.3 Å². The predicted molar refractivity (Wildman–Crippen MR) is 135 cm³/mol.